The summed E-state index contributed by atoms with van der Waals surface area (Å²) in [5.74, 6) is 0. The van der Waals surface area contributed by atoms with Gasteiger partial charge in [-0.2, -0.15) is 0 Å². The van der Waals surface area contributed by atoms with E-state index in [4.69, 9.17) is 10.9 Å². The second-order valence-corrected chi connectivity index (χ2v) is 6.33. The summed E-state index contributed by atoms with van der Waals surface area (Å²) in [4.78, 5) is 0.0926. The summed E-state index contributed by atoms with van der Waals surface area (Å²) < 4.78 is 22.6. The van der Waals surface area contributed by atoms with Crippen molar-refractivity contribution in [1.82, 2.24) is 0 Å². The number of benzene rings is 1. The van der Waals surface area contributed by atoms with E-state index >= 15 is 0 Å². The molecule has 100 valence electrons. The van der Waals surface area contributed by atoms with Gasteiger partial charge in [-0.15, -0.1) is 0 Å². The van der Waals surface area contributed by atoms with E-state index in [1.807, 2.05) is 0 Å². The van der Waals surface area contributed by atoms with Crippen molar-refractivity contribution in [2.45, 2.75) is 43.0 Å². The molecular formula is C12H19N3O2S. The molecule has 1 fully saturated rings. The van der Waals surface area contributed by atoms with Crippen molar-refractivity contribution in [1.29, 1.82) is 0 Å². The Morgan fingerprint density at radius 1 is 1.17 bits per heavy atom. The topological polar surface area (TPSA) is 98.2 Å². The maximum Gasteiger partial charge on any atom is 0.238 e. The highest BCUT2D eigenvalue weighted by molar-refractivity contribution is 7.89. The Morgan fingerprint density at radius 3 is 2.44 bits per heavy atom. The minimum atomic E-state index is -3.68. The van der Waals surface area contributed by atoms with Crippen molar-refractivity contribution in [3.05, 3.63) is 18.2 Å². The highest BCUT2D eigenvalue weighted by Gasteiger charge is 2.16. The molecule has 1 aromatic rings. The van der Waals surface area contributed by atoms with Gasteiger partial charge in [-0.3, -0.25) is 0 Å². The molecule has 0 bridgehead atoms. The molecule has 0 aromatic heterocycles. The van der Waals surface area contributed by atoms with E-state index in [-0.39, 0.29) is 4.90 Å². The Hall–Kier alpha value is -1.27. The lowest BCUT2D eigenvalue weighted by atomic mass is 9.95. The summed E-state index contributed by atoms with van der Waals surface area (Å²) in [5, 5.41) is 8.43. The number of hydrogen-bond donors (Lipinski definition) is 3. The van der Waals surface area contributed by atoms with E-state index in [1.54, 1.807) is 6.07 Å². The first-order valence-corrected chi connectivity index (χ1v) is 7.70. The maximum absolute atomic E-state index is 11.3. The normalized spacial score (nSPS) is 17.6. The van der Waals surface area contributed by atoms with Crippen LogP contribution in [0.5, 0.6) is 0 Å². The minimum Gasteiger partial charge on any atom is -0.397 e. The fourth-order valence-electron chi connectivity index (χ4n) is 2.30. The summed E-state index contributed by atoms with van der Waals surface area (Å²) in [6, 6.07) is 4.89. The highest BCUT2D eigenvalue weighted by atomic mass is 32.2. The molecule has 0 spiro atoms. The lowest BCUT2D eigenvalue weighted by Crippen LogP contribution is -2.23. The van der Waals surface area contributed by atoms with Gasteiger partial charge in [0, 0.05) is 6.04 Å². The number of sulfonamides is 1. The van der Waals surface area contributed by atoms with Crippen molar-refractivity contribution in [2.75, 3.05) is 11.1 Å². The molecule has 5 N–H and O–H groups in total. The third-order valence-corrected chi connectivity index (χ3v) is 4.23. The number of primary sulfonamides is 1. The van der Waals surface area contributed by atoms with Crippen LogP contribution in [0.15, 0.2) is 23.1 Å². The first kappa shape index (κ1) is 13.2. The summed E-state index contributed by atoms with van der Waals surface area (Å²) in [5.41, 5.74) is 7.06. The molecular weight excluding hydrogens is 250 g/mol. The van der Waals surface area contributed by atoms with Crippen LogP contribution in [-0.2, 0) is 10.0 Å². The molecule has 1 saturated carbocycles. The van der Waals surface area contributed by atoms with Crippen molar-refractivity contribution < 1.29 is 8.42 Å². The molecule has 0 heterocycles. The van der Waals surface area contributed by atoms with Crippen molar-refractivity contribution >= 4 is 21.4 Å². The first-order valence-electron chi connectivity index (χ1n) is 6.16. The van der Waals surface area contributed by atoms with Gasteiger partial charge in [-0.1, -0.05) is 19.3 Å². The van der Waals surface area contributed by atoms with Crippen LogP contribution in [0.25, 0.3) is 0 Å². The average Bonchev–Trinajstić information content (AvgIpc) is 2.32. The number of nitrogen functional groups attached to an aromatic ring is 1. The number of rotatable bonds is 3. The molecule has 0 amide bonds. The Morgan fingerprint density at radius 2 is 1.83 bits per heavy atom. The Balaban J connectivity index is 2.21. The van der Waals surface area contributed by atoms with Gasteiger partial charge in [-0.05, 0) is 31.0 Å². The lowest BCUT2D eigenvalue weighted by molar-refractivity contribution is 0.463. The SMILES string of the molecule is Nc1ccc(S(N)(=O)=O)cc1NC1CCCCC1. The van der Waals surface area contributed by atoms with Crippen LogP contribution >= 0.6 is 0 Å². The molecule has 1 aliphatic carbocycles. The summed E-state index contributed by atoms with van der Waals surface area (Å²) in [6.07, 6.45) is 5.86. The molecule has 1 aliphatic rings. The number of hydrogen-bond acceptors (Lipinski definition) is 4. The molecule has 0 saturated heterocycles. The van der Waals surface area contributed by atoms with Crippen LogP contribution in [0.3, 0.4) is 0 Å². The van der Waals surface area contributed by atoms with Gasteiger partial charge in [0.15, 0.2) is 0 Å². The largest absolute Gasteiger partial charge is 0.397 e. The number of anilines is 2. The van der Waals surface area contributed by atoms with Crippen molar-refractivity contribution in [3.8, 4) is 0 Å². The zero-order valence-corrected chi connectivity index (χ0v) is 11.0. The van der Waals surface area contributed by atoms with Crippen LogP contribution in [-0.4, -0.2) is 14.5 Å². The maximum atomic E-state index is 11.3. The van der Waals surface area contributed by atoms with E-state index in [9.17, 15) is 8.42 Å². The quantitative estimate of drug-likeness (QED) is 0.727. The molecule has 2 rings (SSSR count). The number of nitrogens with two attached hydrogens (primary N) is 2. The van der Waals surface area contributed by atoms with Gasteiger partial charge < -0.3 is 11.1 Å². The molecule has 0 aliphatic heterocycles. The van der Waals surface area contributed by atoms with Gasteiger partial charge in [0.05, 0.1) is 16.3 Å². The minimum absolute atomic E-state index is 0.0926. The predicted octanol–water partition coefficient (Wildman–Crippen LogP) is 1.66. The number of nitrogens with one attached hydrogen (secondary N) is 1. The Labute approximate surface area is 108 Å². The standard InChI is InChI=1S/C12H19N3O2S/c13-11-7-6-10(18(14,16)17)8-12(11)15-9-4-2-1-3-5-9/h6-9,15H,1-5,13H2,(H2,14,16,17). The fraction of sp³-hybridized carbons (Fsp3) is 0.500. The molecule has 18 heavy (non-hydrogen) atoms. The van der Waals surface area contributed by atoms with Crippen LogP contribution in [0.2, 0.25) is 0 Å². The molecule has 1 aromatic carbocycles. The molecule has 5 nitrogen and oxygen atoms in total. The zero-order valence-electron chi connectivity index (χ0n) is 10.2. The monoisotopic (exact) mass is 269 g/mol. The lowest BCUT2D eigenvalue weighted by Gasteiger charge is -2.24. The fourth-order valence-corrected chi connectivity index (χ4v) is 2.84. The van der Waals surface area contributed by atoms with Gasteiger partial charge >= 0.3 is 0 Å². The van der Waals surface area contributed by atoms with Crippen molar-refractivity contribution in [3.63, 3.8) is 0 Å². The smallest absolute Gasteiger partial charge is 0.238 e. The van der Waals surface area contributed by atoms with Crippen molar-refractivity contribution in [2.24, 2.45) is 5.14 Å². The van der Waals surface area contributed by atoms with E-state index < -0.39 is 10.0 Å². The van der Waals surface area contributed by atoms with E-state index in [0.29, 0.717) is 17.4 Å². The third kappa shape index (κ3) is 3.14. The molecule has 0 atom stereocenters. The van der Waals surface area contributed by atoms with E-state index in [2.05, 4.69) is 5.32 Å². The zero-order chi connectivity index (χ0) is 13.2. The second kappa shape index (κ2) is 5.16. The summed E-state index contributed by atoms with van der Waals surface area (Å²) in [7, 11) is -3.68. The van der Waals surface area contributed by atoms with E-state index in [0.717, 1.165) is 12.8 Å². The van der Waals surface area contributed by atoms with Crippen LogP contribution < -0.4 is 16.2 Å². The van der Waals surface area contributed by atoms with Gasteiger partial charge in [-0.25, -0.2) is 13.6 Å². The van der Waals surface area contributed by atoms with Gasteiger partial charge in [0.25, 0.3) is 0 Å². The first-order chi connectivity index (χ1) is 8.47. The van der Waals surface area contributed by atoms with Crippen LogP contribution in [0, 0.1) is 0 Å². The van der Waals surface area contributed by atoms with Crippen LogP contribution in [0.4, 0.5) is 11.4 Å². The van der Waals surface area contributed by atoms with E-state index in [1.165, 1.54) is 31.4 Å². The highest BCUT2D eigenvalue weighted by Crippen LogP contribution is 2.27. The summed E-state index contributed by atoms with van der Waals surface area (Å²) >= 11 is 0. The van der Waals surface area contributed by atoms with Gasteiger partial charge in [0.1, 0.15) is 0 Å². The predicted molar refractivity (Wildman–Crippen MR) is 72.7 cm³/mol. The van der Waals surface area contributed by atoms with Crippen LogP contribution in [0.1, 0.15) is 32.1 Å². The average molecular weight is 269 g/mol. The third-order valence-electron chi connectivity index (χ3n) is 3.32. The Kier molecular flexibility index (Phi) is 3.77. The molecule has 0 radical (unpaired) electrons. The Bertz CT molecular complexity index is 522. The van der Waals surface area contributed by atoms with Gasteiger partial charge in [0.2, 0.25) is 10.0 Å². The summed E-state index contributed by atoms with van der Waals surface area (Å²) in [6.45, 7) is 0. The molecule has 6 heteroatoms. The molecule has 0 unspecified atom stereocenters. The second-order valence-electron chi connectivity index (χ2n) is 4.77.